The lowest BCUT2D eigenvalue weighted by atomic mass is 10.2. The van der Waals surface area contributed by atoms with Gasteiger partial charge in [-0.3, -0.25) is 4.74 Å². The third-order valence-electron chi connectivity index (χ3n) is 2.30. The number of aromatic carboxylic acids is 1. The molecular weight excluding hydrogens is 297 g/mol. The molecule has 6 nitrogen and oxygen atoms in total. The van der Waals surface area contributed by atoms with Gasteiger partial charge in [0.05, 0.1) is 26.4 Å². The Kier molecular flexibility index (Phi) is 5.65. The molecule has 118 valence electrons. The van der Waals surface area contributed by atoms with Crippen LogP contribution in [0.3, 0.4) is 0 Å². The zero-order chi connectivity index (χ0) is 16.0. The molecule has 0 aromatic heterocycles. The van der Waals surface area contributed by atoms with Gasteiger partial charge in [0.25, 0.3) is 0 Å². The topological polar surface area (TPSA) is 74.2 Å². The van der Waals surface area contributed by atoms with E-state index in [-0.39, 0.29) is 22.8 Å². The number of hydrogen-bond donors (Lipinski definition) is 1. The third kappa shape index (κ3) is 5.03. The smallest absolute Gasteiger partial charge is 0.493 e. The molecule has 0 saturated heterocycles. The molecule has 0 aliphatic heterocycles. The predicted octanol–water partition coefficient (Wildman–Crippen LogP) is 2.32. The van der Waals surface area contributed by atoms with Gasteiger partial charge in [-0.2, -0.15) is 0 Å². The molecule has 0 bridgehead atoms. The maximum absolute atomic E-state index is 11.8. The third-order valence-corrected chi connectivity index (χ3v) is 2.30. The summed E-state index contributed by atoms with van der Waals surface area (Å²) in [7, 11) is 2.53. The summed E-state index contributed by atoms with van der Waals surface area (Å²) in [6.45, 7) is -1.14. The van der Waals surface area contributed by atoms with Crippen molar-refractivity contribution in [3.05, 3.63) is 17.7 Å². The van der Waals surface area contributed by atoms with Crippen LogP contribution in [0.15, 0.2) is 12.1 Å². The van der Waals surface area contributed by atoms with Gasteiger partial charge < -0.3 is 19.3 Å². The van der Waals surface area contributed by atoms with Crippen LogP contribution < -0.4 is 14.2 Å². The molecule has 1 N–H and O–H groups in total. The molecule has 0 aliphatic rings. The van der Waals surface area contributed by atoms with Gasteiger partial charge in [-0.15, -0.1) is 13.2 Å². The number of ether oxygens (including phenoxy) is 4. The fraction of sp³-hybridized carbons (Fsp3) is 0.417. The lowest BCUT2D eigenvalue weighted by Gasteiger charge is -2.15. The Bertz CT molecular complexity index is 475. The van der Waals surface area contributed by atoms with Crippen molar-refractivity contribution in [3.63, 3.8) is 0 Å². The maximum Gasteiger partial charge on any atom is 0.522 e. The second-order valence-corrected chi connectivity index (χ2v) is 3.66. The molecule has 0 aliphatic carbocycles. The van der Waals surface area contributed by atoms with Crippen LogP contribution in [0.1, 0.15) is 10.4 Å². The molecule has 9 heteroatoms. The summed E-state index contributed by atoms with van der Waals surface area (Å²) in [4.78, 5) is 10.9. The monoisotopic (exact) mass is 310 g/mol. The summed E-state index contributed by atoms with van der Waals surface area (Å²) in [6.07, 6.45) is -4.75. The molecular formula is C12H13F3O6. The van der Waals surface area contributed by atoms with Gasteiger partial charge in [0.1, 0.15) is 6.61 Å². The van der Waals surface area contributed by atoms with Gasteiger partial charge in [0.2, 0.25) is 5.75 Å². The molecule has 0 fully saturated rings. The molecule has 0 heterocycles. The molecule has 0 spiro atoms. The summed E-state index contributed by atoms with van der Waals surface area (Å²) in [6, 6.07) is 2.34. The first kappa shape index (κ1) is 16.9. The average molecular weight is 310 g/mol. The van der Waals surface area contributed by atoms with Crippen molar-refractivity contribution in [2.24, 2.45) is 0 Å². The van der Waals surface area contributed by atoms with E-state index in [0.717, 1.165) is 0 Å². The Morgan fingerprint density at radius 1 is 1.14 bits per heavy atom. The molecule has 0 radical (unpaired) electrons. The number of alkyl halides is 3. The average Bonchev–Trinajstić information content (AvgIpc) is 2.41. The second kappa shape index (κ2) is 7.02. The van der Waals surface area contributed by atoms with Crippen LogP contribution >= 0.6 is 0 Å². The highest BCUT2D eigenvalue weighted by Gasteiger charge is 2.29. The number of carboxylic acids is 1. The Morgan fingerprint density at radius 3 is 2.05 bits per heavy atom. The van der Waals surface area contributed by atoms with Crippen molar-refractivity contribution in [2.45, 2.75) is 6.36 Å². The van der Waals surface area contributed by atoms with Crippen molar-refractivity contribution in [2.75, 3.05) is 27.4 Å². The zero-order valence-corrected chi connectivity index (χ0v) is 11.2. The minimum Gasteiger partial charge on any atom is -0.493 e. The Labute approximate surface area is 118 Å². The molecule has 1 rings (SSSR count). The number of hydrogen-bond acceptors (Lipinski definition) is 5. The van der Waals surface area contributed by atoms with E-state index in [4.69, 9.17) is 19.3 Å². The van der Waals surface area contributed by atoms with E-state index in [1.54, 1.807) is 0 Å². The number of carboxylic acid groups (broad SMARTS) is 1. The maximum atomic E-state index is 11.8. The van der Waals surface area contributed by atoms with Gasteiger partial charge in [0.15, 0.2) is 11.5 Å². The molecule has 21 heavy (non-hydrogen) atoms. The van der Waals surface area contributed by atoms with Crippen LogP contribution in [-0.2, 0) is 4.74 Å². The summed E-state index contributed by atoms with van der Waals surface area (Å²) in [5.41, 5.74) is -0.109. The van der Waals surface area contributed by atoms with E-state index in [9.17, 15) is 18.0 Å². The summed E-state index contributed by atoms with van der Waals surface area (Å²) in [5, 5.41) is 8.92. The lowest BCUT2D eigenvalue weighted by molar-refractivity contribution is -0.325. The summed E-state index contributed by atoms with van der Waals surface area (Å²) >= 11 is 0. The quantitative estimate of drug-likeness (QED) is 0.779. The highest BCUT2D eigenvalue weighted by atomic mass is 19.4. The Morgan fingerprint density at radius 2 is 1.67 bits per heavy atom. The Balaban J connectivity index is 2.87. The van der Waals surface area contributed by atoms with E-state index in [1.165, 1.54) is 26.4 Å². The van der Waals surface area contributed by atoms with Gasteiger partial charge in [0, 0.05) is 0 Å². The van der Waals surface area contributed by atoms with Crippen molar-refractivity contribution < 1.29 is 42.0 Å². The normalized spacial score (nSPS) is 11.1. The predicted molar refractivity (Wildman–Crippen MR) is 64.0 cm³/mol. The SMILES string of the molecule is COc1cc(C(=O)O)cc(OC)c1OCCOC(F)(F)F. The highest BCUT2D eigenvalue weighted by molar-refractivity contribution is 5.89. The first-order valence-electron chi connectivity index (χ1n) is 5.61. The van der Waals surface area contributed by atoms with Crippen molar-refractivity contribution in [1.29, 1.82) is 0 Å². The number of halogens is 3. The van der Waals surface area contributed by atoms with E-state index >= 15 is 0 Å². The molecule has 1 aromatic carbocycles. The van der Waals surface area contributed by atoms with Crippen LogP contribution in [-0.4, -0.2) is 44.9 Å². The fourth-order valence-corrected chi connectivity index (χ4v) is 1.45. The number of rotatable bonds is 7. The minimum atomic E-state index is -4.75. The molecule has 0 atom stereocenters. The lowest BCUT2D eigenvalue weighted by Crippen LogP contribution is -2.18. The van der Waals surface area contributed by atoms with Gasteiger partial charge in [-0.25, -0.2) is 4.79 Å². The van der Waals surface area contributed by atoms with Crippen LogP contribution in [0.25, 0.3) is 0 Å². The standard InChI is InChI=1S/C12H13F3O6/c1-18-8-5-7(11(16)17)6-9(19-2)10(8)20-3-4-21-12(13,14)15/h5-6H,3-4H2,1-2H3,(H,16,17). The van der Waals surface area contributed by atoms with Crippen LogP contribution in [0.5, 0.6) is 17.2 Å². The number of methoxy groups -OCH3 is 2. The first-order chi connectivity index (χ1) is 9.78. The van der Waals surface area contributed by atoms with Gasteiger partial charge in [-0.05, 0) is 12.1 Å². The second-order valence-electron chi connectivity index (χ2n) is 3.66. The van der Waals surface area contributed by atoms with Crippen LogP contribution in [0.4, 0.5) is 13.2 Å². The molecule has 0 saturated carbocycles. The number of benzene rings is 1. The van der Waals surface area contributed by atoms with E-state index in [1.807, 2.05) is 0 Å². The van der Waals surface area contributed by atoms with Gasteiger partial charge >= 0.3 is 12.3 Å². The Hall–Kier alpha value is -2.16. The van der Waals surface area contributed by atoms with Crippen molar-refractivity contribution >= 4 is 5.97 Å². The van der Waals surface area contributed by atoms with E-state index in [2.05, 4.69) is 4.74 Å². The van der Waals surface area contributed by atoms with Gasteiger partial charge in [-0.1, -0.05) is 0 Å². The highest BCUT2D eigenvalue weighted by Crippen LogP contribution is 2.38. The molecule has 0 amide bonds. The first-order valence-corrected chi connectivity index (χ1v) is 5.61. The van der Waals surface area contributed by atoms with E-state index < -0.39 is 25.5 Å². The van der Waals surface area contributed by atoms with Crippen LogP contribution in [0.2, 0.25) is 0 Å². The van der Waals surface area contributed by atoms with Crippen molar-refractivity contribution in [3.8, 4) is 17.2 Å². The summed E-state index contributed by atoms with van der Waals surface area (Å²) < 4.78 is 54.0. The fourth-order valence-electron chi connectivity index (χ4n) is 1.45. The summed E-state index contributed by atoms with van der Waals surface area (Å²) in [5.74, 6) is -1.16. The van der Waals surface area contributed by atoms with Crippen molar-refractivity contribution in [1.82, 2.24) is 0 Å². The largest absolute Gasteiger partial charge is 0.522 e. The number of carbonyl (C=O) groups is 1. The van der Waals surface area contributed by atoms with E-state index in [0.29, 0.717) is 0 Å². The zero-order valence-electron chi connectivity index (χ0n) is 11.2. The van der Waals surface area contributed by atoms with Crippen LogP contribution in [0, 0.1) is 0 Å². The minimum absolute atomic E-state index is 0.00391. The molecule has 0 unspecified atom stereocenters. The molecule has 1 aromatic rings.